The Kier molecular flexibility index (Phi) is 5.60. The molecule has 0 aliphatic rings. The molecule has 1 amide bonds. The van der Waals surface area contributed by atoms with Crippen LogP contribution in [-0.2, 0) is 16.1 Å². The first-order valence-electron chi connectivity index (χ1n) is 6.94. The van der Waals surface area contributed by atoms with Crippen LogP contribution in [0.4, 0.5) is 0 Å². The summed E-state index contributed by atoms with van der Waals surface area (Å²) in [6.07, 6.45) is 0. The lowest BCUT2D eigenvalue weighted by Gasteiger charge is -2.09. The van der Waals surface area contributed by atoms with Gasteiger partial charge >= 0.3 is 5.97 Å². The maximum absolute atomic E-state index is 11.8. The standard InChI is InChI=1S/C17H16ClNO4/c1-11-4-2-3-5-12(11)9-19-16(21)10-23-17(22)14-8-13(18)6-7-15(14)20/h2-8,20H,9-10H2,1H3,(H,19,21). The molecule has 6 heteroatoms. The third-order valence-electron chi connectivity index (χ3n) is 3.25. The molecule has 0 fully saturated rings. The zero-order valence-electron chi connectivity index (χ0n) is 12.5. The predicted octanol–water partition coefficient (Wildman–Crippen LogP) is 2.83. The maximum atomic E-state index is 11.8. The number of benzene rings is 2. The van der Waals surface area contributed by atoms with Crippen molar-refractivity contribution in [3.8, 4) is 5.75 Å². The minimum Gasteiger partial charge on any atom is -0.507 e. The highest BCUT2D eigenvalue weighted by Crippen LogP contribution is 2.22. The predicted molar refractivity (Wildman–Crippen MR) is 86.4 cm³/mol. The van der Waals surface area contributed by atoms with E-state index >= 15 is 0 Å². The monoisotopic (exact) mass is 333 g/mol. The molecule has 2 N–H and O–H groups in total. The fraction of sp³-hybridized carbons (Fsp3) is 0.176. The molecule has 23 heavy (non-hydrogen) atoms. The molecule has 2 aromatic rings. The summed E-state index contributed by atoms with van der Waals surface area (Å²) in [5, 5.41) is 12.6. The molecule has 0 radical (unpaired) electrons. The number of amides is 1. The highest BCUT2D eigenvalue weighted by molar-refractivity contribution is 6.31. The van der Waals surface area contributed by atoms with Crippen LogP contribution in [-0.4, -0.2) is 23.6 Å². The number of carbonyl (C=O) groups excluding carboxylic acids is 2. The van der Waals surface area contributed by atoms with Crippen LogP contribution in [0.25, 0.3) is 0 Å². The molecule has 2 aromatic carbocycles. The Hall–Kier alpha value is -2.53. The van der Waals surface area contributed by atoms with Gasteiger partial charge in [0.25, 0.3) is 5.91 Å². The van der Waals surface area contributed by atoms with Crippen LogP contribution < -0.4 is 5.32 Å². The van der Waals surface area contributed by atoms with Crippen molar-refractivity contribution in [2.45, 2.75) is 13.5 Å². The van der Waals surface area contributed by atoms with Crippen LogP contribution in [0.1, 0.15) is 21.5 Å². The molecule has 0 saturated heterocycles. The Morgan fingerprint density at radius 1 is 1.22 bits per heavy atom. The molecule has 0 aromatic heterocycles. The summed E-state index contributed by atoms with van der Waals surface area (Å²) in [6, 6.07) is 11.7. The van der Waals surface area contributed by atoms with Crippen LogP contribution in [0, 0.1) is 6.92 Å². The van der Waals surface area contributed by atoms with E-state index in [-0.39, 0.29) is 11.3 Å². The summed E-state index contributed by atoms with van der Waals surface area (Å²) < 4.78 is 4.87. The number of hydrogen-bond donors (Lipinski definition) is 2. The molecule has 0 saturated carbocycles. The molecule has 5 nitrogen and oxygen atoms in total. The summed E-state index contributed by atoms with van der Waals surface area (Å²) in [5.74, 6) is -1.49. The number of rotatable bonds is 5. The van der Waals surface area contributed by atoms with Gasteiger partial charge in [0.1, 0.15) is 11.3 Å². The van der Waals surface area contributed by atoms with Gasteiger partial charge in [-0.1, -0.05) is 35.9 Å². The number of ether oxygens (including phenoxy) is 1. The number of aryl methyl sites for hydroxylation is 1. The topological polar surface area (TPSA) is 75.6 Å². The van der Waals surface area contributed by atoms with Crippen molar-refractivity contribution in [2.24, 2.45) is 0 Å². The average molecular weight is 334 g/mol. The Morgan fingerprint density at radius 3 is 2.70 bits per heavy atom. The quantitative estimate of drug-likeness (QED) is 0.825. The summed E-state index contributed by atoms with van der Waals surface area (Å²) in [6.45, 7) is 1.87. The van der Waals surface area contributed by atoms with E-state index in [1.165, 1.54) is 18.2 Å². The first-order valence-corrected chi connectivity index (χ1v) is 7.32. The highest BCUT2D eigenvalue weighted by Gasteiger charge is 2.15. The van der Waals surface area contributed by atoms with E-state index in [9.17, 15) is 14.7 Å². The summed E-state index contributed by atoms with van der Waals surface area (Å²) in [7, 11) is 0. The van der Waals surface area contributed by atoms with Crippen LogP contribution in [0.5, 0.6) is 5.75 Å². The van der Waals surface area contributed by atoms with E-state index in [1.54, 1.807) is 0 Å². The van der Waals surface area contributed by atoms with Gasteiger partial charge in [-0.25, -0.2) is 4.79 Å². The van der Waals surface area contributed by atoms with E-state index < -0.39 is 18.5 Å². The van der Waals surface area contributed by atoms with Crippen LogP contribution in [0.3, 0.4) is 0 Å². The van der Waals surface area contributed by atoms with Gasteiger partial charge < -0.3 is 15.2 Å². The Morgan fingerprint density at radius 2 is 1.96 bits per heavy atom. The Labute approximate surface area is 138 Å². The van der Waals surface area contributed by atoms with Gasteiger partial charge in [0.2, 0.25) is 0 Å². The minimum absolute atomic E-state index is 0.0794. The molecule has 0 spiro atoms. The fourth-order valence-corrected chi connectivity index (χ4v) is 2.11. The molecular formula is C17H16ClNO4. The Balaban J connectivity index is 1.86. The first-order chi connectivity index (χ1) is 11.0. The normalized spacial score (nSPS) is 10.2. The summed E-state index contributed by atoms with van der Waals surface area (Å²) >= 11 is 5.76. The van der Waals surface area contributed by atoms with Gasteiger partial charge in [-0.05, 0) is 36.2 Å². The molecule has 0 aliphatic carbocycles. The van der Waals surface area contributed by atoms with Crippen molar-refractivity contribution in [3.63, 3.8) is 0 Å². The Bertz CT molecular complexity index is 730. The number of phenolic OH excluding ortho intramolecular Hbond substituents is 1. The van der Waals surface area contributed by atoms with Gasteiger partial charge in [-0.15, -0.1) is 0 Å². The zero-order chi connectivity index (χ0) is 16.8. The van der Waals surface area contributed by atoms with Crippen LogP contribution in [0.15, 0.2) is 42.5 Å². The molecule has 0 bridgehead atoms. The highest BCUT2D eigenvalue weighted by atomic mass is 35.5. The number of halogens is 1. The van der Waals surface area contributed by atoms with E-state index in [1.807, 2.05) is 31.2 Å². The smallest absolute Gasteiger partial charge is 0.342 e. The molecular weight excluding hydrogens is 318 g/mol. The number of nitrogens with one attached hydrogen (secondary N) is 1. The number of phenols is 1. The van der Waals surface area contributed by atoms with Crippen molar-refractivity contribution in [1.82, 2.24) is 5.32 Å². The summed E-state index contributed by atoms with van der Waals surface area (Å²) in [5.41, 5.74) is 1.97. The average Bonchev–Trinajstić information content (AvgIpc) is 2.54. The molecule has 0 atom stereocenters. The summed E-state index contributed by atoms with van der Waals surface area (Å²) in [4.78, 5) is 23.6. The van der Waals surface area contributed by atoms with E-state index in [0.717, 1.165) is 11.1 Å². The van der Waals surface area contributed by atoms with Gasteiger partial charge in [-0.2, -0.15) is 0 Å². The number of hydrogen-bond acceptors (Lipinski definition) is 4. The number of aromatic hydroxyl groups is 1. The van der Waals surface area contributed by atoms with E-state index in [0.29, 0.717) is 11.6 Å². The largest absolute Gasteiger partial charge is 0.507 e. The molecule has 2 rings (SSSR count). The van der Waals surface area contributed by atoms with Crippen molar-refractivity contribution >= 4 is 23.5 Å². The second-order valence-corrected chi connectivity index (χ2v) is 5.38. The van der Waals surface area contributed by atoms with Crippen molar-refractivity contribution in [3.05, 3.63) is 64.2 Å². The lowest BCUT2D eigenvalue weighted by molar-refractivity contribution is -0.124. The molecule has 0 aliphatic heterocycles. The molecule has 0 unspecified atom stereocenters. The molecule has 0 heterocycles. The van der Waals surface area contributed by atoms with E-state index in [2.05, 4.69) is 5.32 Å². The second kappa shape index (κ2) is 7.65. The number of esters is 1. The van der Waals surface area contributed by atoms with Gasteiger partial charge in [0, 0.05) is 11.6 Å². The lowest BCUT2D eigenvalue weighted by Crippen LogP contribution is -2.28. The van der Waals surface area contributed by atoms with Crippen LogP contribution >= 0.6 is 11.6 Å². The maximum Gasteiger partial charge on any atom is 0.342 e. The first kappa shape index (κ1) is 16.8. The minimum atomic E-state index is -0.809. The van der Waals surface area contributed by atoms with Crippen LogP contribution in [0.2, 0.25) is 5.02 Å². The van der Waals surface area contributed by atoms with Gasteiger partial charge in [0.05, 0.1) is 0 Å². The number of carbonyl (C=O) groups is 2. The SMILES string of the molecule is Cc1ccccc1CNC(=O)COC(=O)c1cc(Cl)ccc1O. The van der Waals surface area contributed by atoms with Crippen molar-refractivity contribution in [2.75, 3.05) is 6.61 Å². The molecule has 120 valence electrons. The van der Waals surface area contributed by atoms with Crippen molar-refractivity contribution < 1.29 is 19.4 Å². The second-order valence-electron chi connectivity index (χ2n) is 4.94. The lowest BCUT2D eigenvalue weighted by atomic mass is 10.1. The zero-order valence-corrected chi connectivity index (χ0v) is 13.3. The third kappa shape index (κ3) is 4.72. The van der Waals surface area contributed by atoms with Gasteiger partial charge in [-0.3, -0.25) is 4.79 Å². The fourth-order valence-electron chi connectivity index (χ4n) is 1.93. The van der Waals surface area contributed by atoms with E-state index in [4.69, 9.17) is 16.3 Å². The van der Waals surface area contributed by atoms with Gasteiger partial charge in [0.15, 0.2) is 6.61 Å². The van der Waals surface area contributed by atoms with Crippen molar-refractivity contribution in [1.29, 1.82) is 0 Å². The third-order valence-corrected chi connectivity index (χ3v) is 3.49.